The Morgan fingerprint density at radius 1 is 1.26 bits per heavy atom. The predicted octanol–water partition coefficient (Wildman–Crippen LogP) is 4.76. The molecule has 3 rings (SSSR count). The number of carbonyl (C=O) groups excluding carboxylic acids is 1. The van der Waals surface area contributed by atoms with Gasteiger partial charge in [0.1, 0.15) is 10.6 Å². The van der Waals surface area contributed by atoms with Gasteiger partial charge in [0.05, 0.1) is 19.5 Å². The second-order valence-electron chi connectivity index (χ2n) is 5.04. The summed E-state index contributed by atoms with van der Waals surface area (Å²) in [7, 11) is 3.23. The van der Waals surface area contributed by atoms with Gasteiger partial charge in [-0.15, -0.1) is 11.3 Å². The van der Waals surface area contributed by atoms with Gasteiger partial charge in [-0.25, -0.2) is 18.6 Å². The summed E-state index contributed by atoms with van der Waals surface area (Å²) in [5.74, 6) is 0.113. The summed E-state index contributed by atoms with van der Waals surface area (Å²) >= 11 is 1.29. The van der Waals surface area contributed by atoms with E-state index in [9.17, 15) is 13.4 Å². The largest absolute Gasteiger partial charge is 0.357 e. The van der Waals surface area contributed by atoms with E-state index < -0.39 is 8.89 Å². The second kappa shape index (κ2) is 12.4. The lowest BCUT2D eigenvalue weighted by Gasteiger charge is -2.05. The molecule has 9 heteroatoms. The predicted molar refractivity (Wildman–Crippen MR) is 113 cm³/mol. The molecule has 2 heterocycles. The summed E-state index contributed by atoms with van der Waals surface area (Å²) < 4.78 is 23.7. The number of thiophene rings is 1. The number of hydrogen-bond acceptors (Lipinski definition) is 6. The Morgan fingerprint density at radius 3 is 2.44 bits per heavy atom. The van der Waals surface area contributed by atoms with Crippen molar-refractivity contribution in [1.29, 1.82) is 0 Å². The highest BCUT2D eigenvalue weighted by Crippen LogP contribution is 2.32. The van der Waals surface area contributed by atoms with Crippen molar-refractivity contribution < 1.29 is 13.4 Å². The third-order valence-corrected chi connectivity index (χ3v) is 4.16. The quantitative estimate of drug-likeness (QED) is 0.478. The van der Waals surface area contributed by atoms with Crippen molar-refractivity contribution in [1.82, 2.24) is 15.3 Å². The van der Waals surface area contributed by atoms with Gasteiger partial charge >= 0.3 is 0 Å². The Balaban J connectivity index is 0.000000453. The zero-order valence-corrected chi connectivity index (χ0v) is 17.5. The molecule has 0 aliphatic rings. The topological polar surface area (TPSA) is 66.9 Å². The summed E-state index contributed by atoms with van der Waals surface area (Å²) in [5, 5.41) is 6.56. The van der Waals surface area contributed by atoms with Crippen molar-refractivity contribution in [2.75, 3.05) is 32.6 Å². The van der Waals surface area contributed by atoms with Crippen molar-refractivity contribution in [3.63, 3.8) is 0 Å². The van der Waals surface area contributed by atoms with Crippen LogP contribution in [0.4, 0.5) is 14.5 Å². The number of aromatic nitrogens is 2. The van der Waals surface area contributed by atoms with Gasteiger partial charge in [-0.1, -0.05) is 19.1 Å². The number of nitrogens with zero attached hydrogens (tertiary/aromatic N) is 2. The highest BCUT2D eigenvalue weighted by molar-refractivity contribution is 7.30. The fourth-order valence-corrected chi connectivity index (χ4v) is 2.81. The van der Waals surface area contributed by atoms with E-state index >= 15 is 0 Å². The Labute approximate surface area is 163 Å². The van der Waals surface area contributed by atoms with Crippen LogP contribution in [0.15, 0.2) is 30.3 Å². The van der Waals surface area contributed by atoms with E-state index in [2.05, 4.69) is 27.5 Å². The van der Waals surface area contributed by atoms with E-state index in [4.69, 9.17) is 0 Å². The van der Waals surface area contributed by atoms with E-state index in [1.54, 1.807) is 25.2 Å². The molecule has 1 atom stereocenters. The van der Waals surface area contributed by atoms with Crippen LogP contribution in [0.1, 0.15) is 16.6 Å². The number of aldehydes is 1. The van der Waals surface area contributed by atoms with Gasteiger partial charge in [-0.3, -0.25) is 4.79 Å². The molecule has 0 radical (unpaired) electrons. The number of carbonyl (C=O) groups is 1. The fraction of sp³-hybridized carbons (Fsp3) is 0.278. The third kappa shape index (κ3) is 6.90. The van der Waals surface area contributed by atoms with E-state index in [1.807, 2.05) is 7.05 Å². The van der Waals surface area contributed by atoms with E-state index in [0.717, 1.165) is 18.2 Å². The lowest BCUT2D eigenvalue weighted by atomic mass is 10.1. The average molecular weight is 412 g/mol. The molecule has 0 aliphatic heterocycles. The second-order valence-corrected chi connectivity index (χ2v) is 6.48. The average Bonchev–Trinajstić information content (AvgIpc) is 3.11. The summed E-state index contributed by atoms with van der Waals surface area (Å²) in [6.45, 7) is 4.62. The van der Waals surface area contributed by atoms with Crippen molar-refractivity contribution >= 4 is 42.7 Å². The highest BCUT2D eigenvalue weighted by atomic mass is 32.1. The first-order valence-corrected chi connectivity index (χ1v) is 10.4. The number of hydrogen-bond donors (Lipinski definition) is 2. The van der Waals surface area contributed by atoms with Crippen molar-refractivity contribution in [2.24, 2.45) is 0 Å². The molecule has 5 nitrogen and oxygen atoms in total. The maximum Gasteiger partial charge on any atom is 0.224 e. The molecule has 0 saturated heterocycles. The molecule has 0 fully saturated rings. The Kier molecular flexibility index (Phi) is 10.6. The molecule has 1 unspecified atom stereocenters. The SMILES string of the molecule is CCNC.CNc1nc(-c2cccc(F)c2)c2cc(C=O)sc2n1.CPF. The van der Waals surface area contributed by atoms with Crippen molar-refractivity contribution in [3.05, 3.63) is 41.0 Å². The van der Waals surface area contributed by atoms with Crippen LogP contribution in [-0.4, -0.2) is 43.6 Å². The van der Waals surface area contributed by atoms with Gasteiger partial charge < -0.3 is 10.6 Å². The lowest BCUT2D eigenvalue weighted by Crippen LogP contribution is -2.01. The molecule has 2 aromatic heterocycles. The zero-order chi connectivity index (χ0) is 20.2. The van der Waals surface area contributed by atoms with Crippen molar-refractivity contribution in [2.45, 2.75) is 6.92 Å². The summed E-state index contributed by atoms with van der Waals surface area (Å²) in [5.41, 5.74) is 1.27. The van der Waals surface area contributed by atoms with Crippen LogP contribution in [0.5, 0.6) is 0 Å². The van der Waals surface area contributed by atoms with Gasteiger partial charge in [0, 0.05) is 18.0 Å². The maximum absolute atomic E-state index is 13.4. The molecule has 146 valence electrons. The fourth-order valence-electron chi connectivity index (χ4n) is 1.97. The van der Waals surface area contributed by atoms with Crippen LogP contribution in [0.2, 0.25) is 0 Å². The zero-order valence-electron chi connectivity index (χ0n) is 15.6. The Morgan fingerprint density at radius 2 is 1.93 bits per heavy atom. The van der Waals surface area contributed by atoms with Crippen LogP contribution in [0.3, 0.4) is 0 Å². The molecular weight excluding hydrogens is 389 g/mol. The van der Waals surface area contributed by atoms with Crippen LogP contribution in [-0.2, 0) is 0 Å². The molecule has 0 spiro atoms. The third-order valence-electron chi connectivity index (χ3n) is 3.20. The van der Waals surface area contributed by atoms with Gasteiger partial charge in [0.15, 0.2) is 6.29 Å². The van der Waals surface area contributed by atoms with Crippen LogP contribution < -0.4 is 10.6 Å². The number of benzene rings is 1. The van der Waals surface area contributed by atoms with Gasteiger partial charge in [0.2, 0.25) is 5.95 Å². The smallest absolute Gasteiger partial charge is 0.224 e. The minimum atomic E-state index is -0.417. The van der Waals surface area contributed by atoms with E-state index in [0.29, 0.717) is 26.9 Å². The molecule has 0 amide bonds. The molecule has 0 saturated carbocycles. The standard InChI is InChI=1S/C14H10FN3OS.C3H9N.CH4FP/c1-16-14-17-12(8-3-2-4-9(15)5-8)11-6-10(7-19)20-13(11)18-14;1-3-4-2;1-3-2/h2-7H,1H3,(H,16,17,18);4H,3H2,1-2H3;3H,1H3. The first-order chi connectivity index (χ1) is 13.0. The highest BCUT2D eigenvalue weighted by Gasteiger charge is 2.13. The number of halogens is 2. The molecule has 1 aromatic carbocycles. The van der Waals surface area contributed by atoms with Crippen LogP contribution in [0.25, 0.3) is 21.5 Å². The van der Waals surface area contributed by atoms with Crippen LogP contribution >= 0.6 is 20.2 Å². The molecule has 0 aliphatic carbocycles. The van der Waals surface area contributed by atoms with Gasteiger partial charge in [-0.05, 0) is 38.5 Å². The number of anilines is 1. The monoisotopic (exact) mass is 412 g/mol. The number of rotatable bonds is 4. The molecular formula is C18H23F2N4OPS. The number of nitrogens with one attached hydrogen (secondary N) is 2. The first kappa shape index (κ1) is 23.0. The van der Waals surface area contributed by atoms with E-state index in [-0.39, 0.29) is 5.82 Å². The normalized spacial score (nSPS) is 10.1. The Hall–Kier alpha value is -2.02. The molecule has 3 aromatic rings. The first-order valence-electron chi connectivity index (χ1n) is 8.16. The molecule has 2 N–H and O–H groups in total. The van der Waals surface area contributed by atoms with E-state index in [1.165, 1.54) is 30.1 Å². The van der Waals surface area contributed by atoms with Crippen molar-refractivity contribution in [3.8, 4) is 11.3 Å². The summed E-state index contributed by atoms with van der Waals surface area (Å²) in [4.78, 5) is 20.9. The van der Waals surface area contributed by atoms with Gasteiger partial charge in [-0.2, -0.15) is 0 Å². The molecule has 0 bridgehead atoms. The maximum atomic E-state index is 13.4. The van der Waals surface area contributed by atoms with Crippen LogP contribution in [0, 0.1) is 5.82 Å². The summed E-state index contributed by atoms with van der Waals surface area (Å²) in [6, 6.07) is 7.94. The lowest BCUT2D eigenvalue weighted by molar-refractivity contribution is 0.112. The minimum absolute atomic E-state index is 0.328. The number of fused-ring (bicyclic) bond motifs is 1. The summed E-state index contributed by atoms with van der Waals surface area (Å²) in [6.07, 6.45) is 0.779. The Bertz CT molecular complexity index is 858. The molecule has 27 heavy (non-hydrogen) atoms. The van der Waals surface area contributed by atoms with Gasteiger partial charge in [0.25, 0.3) is 0 Å². The minimum Gasteiger partial charge on any atom is -0.357 e.